The van der Waals surface area contributed by atoms with E-state index < -0.39 is 139 Å². The van der Waals surface area contributed by atoms with Gasteiger partial charge >= 0.3 is 5.97 Å². The van der Waals surface area contributed by atoms with Gasteiger partial charge in [-0.1, -0.05) is 71.8 Å². The van der Waals surface area contributed by atoms with Crippen molar-refractivity contribution in [2.75, 3.05) is 13.2 Å². The number of ether oxygens (including phenoxy) is 6. The zero-order valence-electron chi connectivity index (χ0n) is 39.2. The lowest BCUT2D eigenvalue weighted by Crippen LogP contribution is -2.65. The highest BCUT2D eigenvalue weighted by Gasteiger charge is 2.69. The molecule has 3 saturated heterocycles. The van der Waals surface area contributed by atoms with Crippen LogP contribution >= 0.6 is 0 Å². The Kier molecular flexibility index (Phi) is 13.1. The zero-order valence-corrected chi connectivity index (χ0v) is 39.2. The SMILES string of the molecule is CC1OC(OC2C(CO)OC(OCC3OC(OC(=O)C45CCC6(C)C(=CC=C7C8(C)CCC(=O)C(C)(C)C8CCC76C)C4CC(C)(C)C(=O)C5)C(O)C(O)C3O)C(O)C2O)C(O)C(O)C1O. The van der Waals surface area contributed by atoms with Crippen molar-refractivity contribution in [1.29, 1.82) is 0 Å². The highest BCUT2D eigenvalue weighted by atomic mass is 16.8. The van der Waals surface area contributed by atoms with Gasteiger partial charge in [0, 0.05) is 23.7 Å². The molecule has 0 aromatic carbocycles. The summed E-state index contributed by atoms with van der Waals surface area (Å²) in [4.78, 5) is 42.1. The molecule has 0 bridgehead atoms. The number of carbonyl (C=O) groups is 3. The quantitative estimate of drug-likeness (QED) is 0.150. The van der Waals surface area contributed by atoms with Gasteiger partial charge in [-0.25, -0.2) is 0 Å². The maximum Gasteiger partial charge on any atom is 0.315 e. The van der Waals surface area contributed by atoms with E-state index in [4.69, 9.17) is 28.4 Å². The number of aliphatic hydroxyl groups excluding tert-OH is 9. The van der Waals surface area contributed by atoms with E-state index in [0.29, 0.717) is 31.5 Å². The average molecular weight is 937 g/mol. The number of aliphatic hydroxyl groups is 9. The minimum atomic E-state index is -1.92. The highest BCUT2D eigenvalue weighted by molar-refractivity contribution is 5.93. The molecule has 0 aromatic rings. The molecule has 18 heteroatoms. The third kappa shape index (κ3) is 7.54. The number of esters is 1. The third-order valence-corrected chi connectivity index (χ3v) is 18.4. The highest BCUT2D eigenvalue weighted by Crippen LogP contribution is 2.74. The molecule has 0 radical (unpaired) electrons. The van der Waals surface area contributed by atoms with Gasteiger partial charge in [0.1, 0.15) is 78.7 Å². The molecule has 21 atom stereocenters. The second-order valence-corrected chi connectivity index (χ2v) is 22.7. The number of hydrogen-bond acceptors (Lipinski definition) is 18. The summed E-state index contributed by atoms with van der Waals surface area (Å²) >= 11 is 0. The van der Waals surface area contributed by atoms with E-state index in [0.717, 1.165) is 24.8 Å². The van der Waals surface area contributed by atoms with Crippen molar-refractivity contribution in [2.45, 2.75) is 199 Å². The predicted octanol–water partition coefficient (Wildman–Crippen LogP) is 0.475. The largest absolute Gasteiger partial charge is 0.432 e. The Morgan fingerprint density at radius 3 is 2.02 bits per heavy atom. The molecule has 0 spiro atoms. The third-order valence-electron chi connectivity index (χ3n) is 18.4. The number of allylic oxidation sites excluding steroid dienone is 4. The van der Waals surface area contributed by atoms with Crippen LogP contribution in [0.4, 0.5) is 0 Å². The molecule has 7 fully saturated rings. The molecule has 9 N–H and O–H groups in total. The van der Waals surface area contributed by atoms with Crippen molar-refractivity contribution in [2.24, 2.45) is 44.3 Å². The van der Waals surface area contributed by atoms with Crippen LogP contribution in [-0.2, 0) is 42.8 Å². The number of carbonyl (C=O) groups excluding carboxylic acids is 3. The number of fused-ring (bicyclic) bond motifs is 7. The normalized spacial score (nSPS) is 51.0. The summed E-state index contributed by atoms with van der Waals surface area (Å²) in [6.07, 6.45) is -16.3. The van der Waals surface area contributed by atoms with Gasteiger partial charge in [-0.05, 0) is 73.5 Å². The molecule has 5 aliphatic carbocycles. The minimum Gasteiger partial charge on any atom is -0.432 e. The van der Waals surface area contributed by atoms with Crippen molar-refractivity contribution in [1.82, 2.24) is 0 Å². The van der Waals surface area contributed by atoms with Crippen LogP contribution in [0.5, 0.6) is 0 Å². The molecule has 3 aliphatic heterocycles. The van der Waals surface area contributed by atoms with Crippen LogP contribution in [0.1, 0.15) is 107 Å². The molecule has 18 nitrogen and oxygen atoms in total. The van der Waals surface area contributed by atoms with Gasteiger partial charge in [-0.15, -0.1) is 0 Å². The van der Waals surface area contributed by atoms with Crippen LogP contribution < -0.4 is 0 Å². The summed E-state index contributed by atoms with van der Waals surface area (Å²) < 4.78 is 34.5. The van der Waals surface area contributed by atoms with Gasteiger partial charge in [-0.2, -0.15) is 0 Å². The number of hydrogen-bond donors (Lipinski definition) is 9. The monoisotopic (exact) mass is 936 g/mol. The van der Waals surface area contributed by atoms with Gasteiger partial charge in [0.2, 0.25) is 6.29 Å². The number of rotatable bonds is 8. The lowest BCUT2D eigenvalue weighted by Gasteiger charge is -2.67. The Hall–Kier alpha value is -2.27. The van der Waals surface area contributed by atoms with E-state index in [-0.39, 0.29) is 29.0 Å². The van der Waals surface area contributed by atoms with E-state index in [9.17, 15) is 60.3 Å². The van der Waals surface area contributed by atoms with Gasteiger partial charge in [0.05, 0.1) is 24.7 Å². The fourth-order valence-electron chi connectivity index (χ4n) is 13.7. The van der Waals surface area contributed by atoms with Crippen LogP contribution in [0, 0.1) is 44.3 Å². The minimum absolute atomic E-state index is 0.109. The number of ketones is 2. The van der Waals surface area contributed by atoms with Crippen molar-refractivity contribution >= 4 is 17.5 Å². The first-order chi connectivity index (χ1) is 30.7. The molecule has 66 heavy (non-hydrogen) atoms. The van der Waals surface area contributed by atoms with Crippen molar-refractivity contribution in [3.8, 4) is 0 Å². The lowest BCUT2D eigenvalue weighted by molar-refractivity contribution is -0.361. The van der Waals surface area contributed by atoms with Crippen LogP contribution in [0.3, 0.4) is 0 Å². The predicted molar refractivity (Wildman–Crippen MR) is 228 cm³/mol. The summed E-state index contributed by atoms with van der Waals surface area (Å²) in [7, 11) is 0. The van der Waals surface area contributed by atoms with E-state index >= 15 is 0 Å². The summed E-state index contributed by atoms with van der Waals surface area (Å²) in [5, 5.41) is 96.3. The standard InChI is InChI=1S/C48H72O18/c1-21-30(52)32(54)35(57)40(62-21)65-38-24(19-49)63-39(37(59)34(38)56)61-20-25-31(53)33(55)36(58)41(64-25)66-42(60)48-16-15-46(7)22(23(48)17-43(2,3)29(51)18-48)9-10-27-45(6)13-12-28(50)44(4,5)26(45)11-14-47(27,46)8/h9-10,21,23-26,30-41,49,52-59H,11-20H2,1-8H3. The van der Waals surface area contributed by atoms with E-state index in [1.54, 1.807) is 0 Å². The fraction of sp³-hybridized carbons (Fsp3) is 0.854. The van der Waals surface area contributed by atoms with Crippen LogP contribution in [0.15, 0.2) is 23.3 Å². The Balaban J connectivity index is 1.00. The Morgan fingerprint density at radius 2 is 1.33 bits per heavy atom. The maximum atomic E-state index is 14.9. The van der Waals surface area contributed by atoms with Crippen LogP contribution in [0.2, 0.25) is 0 Å². The topological polar surface area (TPSA) is 289 Å². The molecule has 3 heterocycles. The van der Waals surface area contributed by atoms with Crippen molar-refractivity contribution < 1.29 is 88.8 Å². The van der Waals surface area contributed by atoms with E-state index in [1.807, 2.05) is 13.8 Å². The second kappa shape index (κ2) is 17.2. The smallest absolute Gasteiger partial charge is 0.315 e. The molecular weight excluding hydrogens is 865 g/mol. The van der Waals surface area contributed by atoms with Crippen molar-refractivity contribution in [3.05, 3.63) is 23.3 Å². The van der Waals surface area contributed by atoms with Gasteiger partial charge < -0.3 is 74.4 Å². The fourth-order valence-corrected chi connectivity index (χ4v) is 13.7. The zero-order chi connectivity index (χ0) is 48.4. The Morgan fingerprint density at radius 1 is 0.697 bits per heavy atom. The molecule has 4 saturated carbocycles. The molecule has 372 valence electrons. The molecule has 8 aliphatic rings. The average Bonchev–Trinajstić information content (AvgIpc) is 3.26. The van der Waals surface area contributed by atoms with Gasteiger partial charge in [-0.3, -0.25) is 14.4 Å². The van der Waals surface area contributed by atoms with Crippen molar-refractivity contribution in [3.63, 3.8) is 0 Å². The van der Waals surface area contributed by atoms with E-state index in [2.05, 4.69) is 46.8 Å². The Bertz CT molecular complexity index is 1970. The van der Waals surface area contributed by atoms with E-state index in [1.165, 1.54) is 12.5 Å². The lowest BCUT2D eigenvalue weighted by atomic mass is 9.36. The first-order valence-corrected chi connectivity index (χ1v) is 23.7. The van der Waals surface area contributed by atoms with Gasteiger partial charge in [0.25, 0.3) is 0 Å². The first kappa shape index (κ1) is 50.1. The molecule has 21 unspecified atom stereocenters. The summed E-state index contributed by atoms with van der Waals surface area (Å²) in [5.74, 6) is -0.845. The first-order valence-electron chi connectivity index (χ1n) is 23.7. The summed E-state index contributed by atoms with van der Waals surface area (Å²) in [6.45, 7) is 14.8. The molecule has 0 aromatic heterocycles. The van der Waals surface area contributed by atoms with Crippen LogP contribution in [-0.4, -0.2) is 169 Å². The molecular formula is C48H72O18. The summed E-state index contributed by atoms with van der Waals surface area (Å²) in [5.41, 5.74) is -1.07. The molecule has 0 amide bonds. The second-order valence-electron chi connectivity index (χ2n) is 22.7. The van der Waals surface area contributed by atoms with Crippen LogP contribution in [0.25, 0.3) is 0 Å². The summed E-state index contributed by atoms with van der Waals surface area (Å²) in [6, 6.07) is 0. The van der Waals surface area contributed by atoms with Gasteiger partial charge in [0.15, 0.2) is 12.6 Å². The molecule has 8 rings (SSSR count). The number of Topliss-reactive ketones (excluding diaryl/α,β-unsaturated/α-hetero) is 2. The Labute approximate surface area is 385 Å². The maximum absolute atomic E-state index is 14.9.